The van der Waals surface area contributed by atoms with Gasteiger partial charge in [-0.3, -0.25) is 0 Å². The highest BCUT2D eigenvalue weighted by molar-refractivity contribution is 6.31. The van der Waals surface area contributed by atoms with Gasteiger partial charge in [-0.15, -0.1) is 11.8 Å². The minimum absolute atomic E-state index is 0.848. The van der Waals surface area contributed by atoms with E-state index in [-0.39, 0.29) is 0 Å². The van der Waals surface area contributed by atoms with E-state index in [1.165, 1.54) is 5.56 Å². The molecule has 0 amide bonds. The lowest BCUT2D eigenvalue weighted by molar-refractivity contribution is 1.03. The second-order valence-corrected chi connectivity index (χ2v) is 3.21. The van der Waals surface area contributed by atoms with Crippen LogP contribution >= 0.6 is 11.6 Å². The molecular weight excluding hydrogens is 180 g/mol. The molecule has 0 spiro atoms. The molecule has 1 heteroatoms. The molecule has 1 aromatic carbocycles. The van der Waals surface area contributed by atoms with E-state index < -0.39 is 0 Å². The van der Waals surface area contributed by atoms with Crippen LogP contribution in [0.4, 0.5) is 0 Å². The van der Waals surface area contributed by atoms with Crippen molar-refractivity contribution in [2.45, 2.75) is 26.2 Å². The van der Waals surface area contributed by atoms with Gasteiger partial charge in [0.05, 0.1) is 0 Å². The molecule has 0 radical (unpaired) electrons. The second-order valence-electron chi connectivity index (χ2n) is 2.80. The fraction of sp³-hybridized carbons (Fsp3) is 0.333. The first-order valence-electron chi connectivity index (χ1n) is 4.53. The van der Waals surface area contributed by atoms with Crippen molar-refractivity contribution in [3.8, 4) is 11.8 Å². The van der Waals surface area contributed by atoms with Gasteiger partial charge in [0, 0.05) is 17.9 Å². The Bertz CT molecular complexity index is 317. The molecule has 0 heterocycles. The summed E-state index contributed by atoms with van der Waals surface area (Å²) in [5.41, 5.74) is 1.19. The summed E-state index contributed by atoms with van der Waals surface area (Å²) in [7, 11) is 0. The van der Waals surface area contributed by atoms with Crippen molar-refractivity contribution < 1.29 is 0 Å². The minimum Gasteiger partial charge on any atom is -0.104 e. The fourth-order valence-corrected chi connectivity index (χ4v) is 1.34. The Morgan fingerprint density at radius 1 is 1.23 bits per heavy atom. The first kappa shape index (κ1) is 10.2. The van der Waals surface area contributed by atoms with Gasteiger partial charge in [-0.1, -0.05) is 36.7 Å². The Labute approximate surface area is 84.9 Å². The molecule has 13 heavy (non-hydrogen) atoms. The molecule has 0 aliphatic rings. The van der Waals surface area contributed by atoms with Crippen LogP contribution in [0.15, 0.2) is 24.3 Å². The summed E-state index contributed by atoms with van der Waals surface area (Å²) in [6, 6.07) is 7.93. The highest BCUT2D eigenvalue weighted by atomic mass is 35.5. The van der Waals surface area contributed by atoms with Gasteiger partial charge >= 0.3 is 0 Å². The summed E-state index contributed by atoms with van der Waals surface area (Å²) in [6.45, 7) is 2.06. The van der Waals surface area contributed by atoms with Crippen LogP contribution in [0.3, 0.4) is 0 Å². The van der Waals surface area contributed by atoms with Crippen LogP contribution in [0.1, 0.15) is 25.3 Å². The van der Waals surface area contributed by atoms with Gasteiger partial charge in [0.2, 0.25) is 0 Å². The van der Waals surface area contributed by atoms with Gasteiger partial charge in [0.15, 0.2) is 0 Å². The molecular formula is C12H13Cl. The first-order chi connectivity index (χ1) is 6.34. The third-order valence-electron chi connectivity index (χ3n) is 1.78. The smallest absolute Gasteiger partial charge is 0.0438 e. The third-order valence-corrected chi connectivity index (χ3v) is 2.15. The summed E-state index contributed by atoms with van der Waals surface area (Å²) < 4.78 is 0. The van der Waals surface area contributed by atoms with Crippen LogP contribution in [0.5, 0.6) is 0 Å². The van der Waals surface area contributed by atoms with E-state index in [1.54, 1.807) is 0 Å². The van der Waals surface area contributed by atoms with Gasteiger partial charge in [-0.05, 0) is 18.1 Å². The van der Waals surface area contributed by atoms with E-state index in [1.807, 2.05) is 18.2 Å². The second kappa shape index (κ2) is 5.67. The Hall–Kier alpha value is -0.930. The van der Waals surface area contributed by atoms with E-state index >= 15 is 0 Å². The average Bonchev–Trinajstić information content (AvgIpc) is 2.15. The molecule has 1 rings (SSSR count). The molecule has 0 aliphatic heterocycles. The third kappa shape index (κ3) is 3.53. The molecule has 1 aromatic rings. The Kier molecular flexibility index (Phi) is 4.43. The fourth-order valence-electron chi connectivity index (χ4n) is 1.11. The molecule has 0 aliphatic carbocycles. The average molecular weight is 193 g/mol. The predicted octanol–water partition coefficient (Wildman–Crippen LogP) is 3.69. The predicted molar refractivity (Wildman–Crippen MR) is 57.8 cm³/mol. The van der Waals surface area contributed by atoms with Gasteiger partial charge < -0.3 is 0 Å². The van der Waals surface area contributed by atoms with Crippen LogP contribution in [0, 0.1) is 11.8 Å². The van der Waals surface area contributed by atoms with Crippen LogP contribution in [0.2, 0.25) is 5.02 Å². The normalized spacial score (nSPS) is 9.08. The quantitative estimate of drug-likeness (QED) is 0.627. The van der Waals surface area contributed by atoms with Gasteiger partial charge in [0.25, 0.3) is 0 Å². The van der Waals surface area contributed by atoms with Gasteiger partial charge in [-0.2, -0.15) is 0 Å². The van der Waals surface area contributed by atoms with Crippen LogP contribution < -0.4 is 0 Å². The number of hydrogen-bond donors (Lipinski definition) is 0. The van der Waals surface area contributed by atoms with Gasteiger partial charge in [0.1, 0.15) is 0 Å². The van der Waals surface area contributed by atoms with Crippen molar-refractivity contribution in [2.24, 2.45) is 0 Å². The maximum absolute atomic E-state index is 5.99. The number of hydrogen-bond acceptors (Lipinski definition) is 0. The van der Waals surface area contributed by atoms with Crippen molar-refractivity contribution in [3.05, 3.63) is 34.9 Å². The highest BCUT2D eigenvalue weighted by Crippen LogP contribution is 2.15. The molecule has 0 saturated heterocycles. The van der Waals surface area contributed by atoms with E-state index in [0.29, 0.717) is 0 Å². The molecule has 0 atom stereocenters. The van der Waals surface area contributed by atoms with E-state index in [2.05, 4.69) is 24.8 Å². The largest absolute Gasteiger partial charge is 0.104 e. The number of rotatable bonds is 2. The van der Waals surface area contributed by atoms with Crippen molar-refractivity contribution in [2.75, 3.05) is 0 Å². The number of aryl methyl sites for hydroxylation is 1. The lowest BCUT2D eigenvalue weighted by atomic mass is 10.1. The first-order valence-corrected chi connectivity index (χ1v) is 4.91. The van der Waals surface area contributed by atoms with E-state index in [4.69, 9.17) is 11.6 Å². The Morgan fingerprint density at radius 3 is 2.69 bits per heavy atom. The minimum atomic E-state index is 0.848. The van der Waals surface area contributed by atoms with Crippen LogP contribution in [-0.4, -0.2) is 0 Å². The molecule has 0 fully saturated rings. The maximum Gasteiger partial charge on any atom is 0.0438 e. The summed E-state index contributed by atoms with van der Waals surface area (Å²) >= 11 is 5.99. The van der Waals surface area contributed by atoms with Gasteiger partial charge in [-0.25, -0.2) is 0 Å². The monoisotopic (exact) mass is 192 g/mol. The van der Waals surface area contributed by atoms with Crippen molar-refractivity contribution in [3.63, 3.8) is 0 Å². The topological polar surface area (TPSA) is 0 Å². The Morgan fingerprint density at radius 2 is 2.00 bits per heavy atom. The highest BCUT2D eigenvalue weighted by Gasteiger charge is 1.95. The zero-order valence-corrected chi connectivity index (χ0v) is 8.56. The zero-order valence-electron chi connectivity index (χ0n) is 7.81. The number of halogens is 1. The summed E-state index contributed by atoms with van der Waals surface area (Å²) in [5.74, 6) is 6.15. The van der Waals surface area contributed by atoms with Crippen molar-refractivity contribution >= 4 is 11.6 Å². The standard InChI is InChI=1S/C12H13Cl/c1-2-3-4-5-8-11-9-6-7-10-12(11)13/h6-7,9-10H,2,5,8H2,1H3. The van der Waals surface area contributed by atoms with Crippen LogP contribution in [0.25, 0.3) is 0 Å². The molecule has 0 saturated carbocycles. The summed E-state index contributed by atoms with van der Waals surface area (Å²) in [6.07, 6.45) is 2.78. The maximum atomic E-state index is 5.99. The Balaban J connectivity index is 2.50. The molecule has 0 nitrogen and oxygen atoms in total. The molecule has 0 unspecified atom stereocenters. The lowest BCUT2D eigenvalue weighted by Gasteiger charge is -1.99. The van der Waals surface area contributed by atoms with E-state index in [9.17, 15) is 0 Å². The van der Waals surface area contributed by atoms with Crippen molar-refractivity contribution in [1.82, 2.24) is 0 Å². The zero-order chi connectivity index (χ0) is 9.52. The number of benzene rings is 1. The molecule has 0 N–H and O–H groups in total. The van der Waals surface area contributed by atoms with Crippen LogP contribution in [-0.2, 0) is 6.42 Å². The lowest BCUT2D eigenvalue weighted by Crippen LogP contribution is -1.84. The summed E-state index contributed by atoms with van der Waals surface area (Å²) in [5, 5.41) is 0.848. The van der Waals surface area contributed by atoms with Crippen molar-refractivity contribution in [1.29, 1.82) is 0 Å². The molecule has 0 bridgehead atoms. The molecule has 0 aromatic heterocycles. The summed E-state index contributed by atoms with van der Waals surface area (Å²) in [4.78, 5) is 0. The SMILES string of the molecule is CCC#CCCc1ccccc1Cl. The van der Waals surface area contributed by atoms with E-state index in [0.717, 1.165) is 24.3 Å². The molecule has 68 valence electrons.